The molecule has 37 heavy (non-hydrogen) atoms. The molecular weight excluding hydrogens is 468 g/mol. The Bertz CT molecular complexity index is 1740. The number of aryl methyl sites for hydroxylation is 4. The minimum absolute atomic E-state index is 0.117. The van der Waals surface area contributed by atoms with Gasteiger partial charge in [0.05, 0.1) is 21.6 Å². The molecule has 3 heteroatoms. The Morgan fingerprint density at radius 3 is 2.35 bits per heavy atom. The highest BCUT2D eigenvalue weighted by Gasteiger charge is 2.26. The molecule has 0 fully saturated rings. The molecule has 0 atom stereocenters. The number of hydrogen-bond acceptors (Lipinski definition) is 2. The summed E-state index contributed by atoms with van der Waals surface area (Å²) in [5, 5.41) is 1.30. The standard InChI is InChI=1S/C34H34N2S/c1-8-23-27(36-32-25-11-9-10-12-29(25)37-33(23)32)18-28-24-14-13-19(2)15-26(24)31(35-28)30-20(3)16-22(17-21(30)4)34(5,6)7/h9-18,36H,8H2,1-7H3/b28-18-. The Morgan fingerprint density at radius 1 is 0.919 bits per heavy atom. The summed E-state index contributed by atoms with van der Waals surface area (Å²) in [6, 6.07) is 20.1. The van der Waals surface area contributed by atoms with Crippen LogP contribution in [0.2, 0.25) is 0 Å². The normalized spacial score (nSPS) is 14.7. The lowest BCUT2D eigenvalue weighted by atomic mass is 9.82. The van der Waals surface area contributed by atoms with Crippen LogP contribution in [0, 0.1) is 20.8 Å². The van der Waals surface area contributed by atoms with E-state index in [2.05, 4.69) is 114 Å². The van der Waals surface area contributed by atoms with Crippen LogP contribution in [0.15, 0.2) is 59.6 Å². The van der Waals surface area contributed by atoms with Crippen molar-refractivity contribution in [1.29, 1.82) is 0 Å². The summed E-state index contributed by atoms with van der Waals surface area (Å²) in [6.07, 6.45) is 3.26. The summed E-state index contributed by atoms with van der Waals surface area (Å²) < 4.78 is 2.70. The summed E-state index contributed by atoms with van der Waals surface area (Å²) in [7, 11) is 0. The Morgan fingerprint density at radius 2 is 1.65 bits per heavy atom. The van der Waals surface area contributed by atoms with Gasteiger partial charge in [-0.3, -0.25) is 0 Å². The van der Waals surface area contributed by atoms with Crippen LogP contribution in [0.25, 0.3) is 32.1 Å². The SMILES string of the molecule is CCc1c(/C=C2\N=C(c3c(C)cc(C(C)(C)C)cc3C)c3cc(C)ccc32)[nH]c2c1sc1ccccc12. The van der Waals surface area contributed by atoms with Gasteiger partial charge in [-0.25, -0.2) is 4.99 Å². The average Bonchev–Trinajstić information content (AvgIpc) is 3.48. The molecule has 0 radical (unpaired) electrons. The van der Waals surface area contributed by atoms with Gasteiger partial charge < -0.3 is 4.98 Å². The number of thiophene rings is 1. The number of aliphatic imine (C=N–C) groups is 1. The molecule has 2 nitrogen and oxygen atoms in total. The molecule has 1 N–H and O–H groups in total. The Balaban J connectivity index is 1.55. The third-order valence-corrected chi connectivity index (χ3v) is 8.89. The first kappa shape index (κ1) is 23.9. The molecule has 186 valence electrons. The van der Waals surface area contributed by atoms with E-state index in [1.165, 1.54) is 70.5 Å². The van der Waals surface area contributed by atoms with Crippen LogP contribution in [0.4, 0.5) is 0 Å². The Hall–Kier alpha value is -3.43. The van der Waals surface area contributed by atoms with Gasteiger partial charge in [-0.2, -0.15) is 0 Å². The summed E-state index contributed by atoms with van der Waals surface area (Å²) in [5.41, 5.74) is 15.0. The van der Waals surface area contributed by atoms with Crippen LogP contribution in [0.1, 0.15) is 77.9 Å². The van der Waals surface area contributed by atoms with Gasteiger partial charge in [0.25, 0.3) is 0 Å². The molecule has 0 unspecified atom stereocenters. The summed E-state index contributed by atoms with van der Waals surface area (Å²) in [4.78, 5) is 9.10. The molecule has 3 heterocycles. The monoisotopic (exact) mass is 502 g/mol. The molecule has 0 aliphatic carbocycles. The van der Waals surface area contributed by atoms with Crippen LogP contribution in [-0.4, -0.2) is 10.7 Å². The highest BCUT2D eigenvalue weighted by Crippen LogP contribution is 2.40. The number of nitrogens with zero attached hydrogens (tertiary/aromatic N) is 1. The van der Waals surface area contributed by atoms with Gasteiger partial charge in [0.1, 0.15) is 0 Å². The lowest BCUT2D eigenvalue weighted by molar-refractivity contribution is 0.589. The van der Waals surface area contributed by atoms with Gasteiger partial charge in [0, 0.05) is 32.5 Å². The maximum atomic E-state index is 5.33. The predicted octanol–water partition coefficient (Wildman–Crippen LogP) is 9.52. The van der Waals surface area contributed by atoms with E-state index in [0.29, 0.717) is 0 Å². The van der Waals surface area contributed by atoms with E-state index in [1.807, 2.05) is 11.3 Å². The van der Waals surface area contributed by atoms with E-state index in [0.717, 1.165) is 17.8 Å². The number of benzene rings is 3. The van der Waals surface area contributed by atoms with Crippen molar-refractivity contribution in [3.63, 3.8) is 0 Å². The third-order valence-electron chi connectivity index (χ3n) is 7.66. The lowest BCUT2D eigenvalue weighted by Crippen LogP contribution is -2.14. The van der Waals surface area contributed by atoms with Gasteiger partial charge in [0.2, 0.25) is 0 Å². The number of H-pyrrole nitrogens is 1. The van der Waals surface area contributed by atoms with Gasteiger partial charge in [-0.1, -0.05) is 75.7 Å². The van der Waals surface area contributed by atoms with E-state index < -0.39 is 0 Å². The quantitative estimate of drug-likeness (QED) is 0.254. The van der Waals surface area contributed by atoms with Crippen molar-refractivity contribution in [2.75, 3.05) is 0 Å². The van der Waals surface area contributed by atoms with Crippen molar-refractivity contribution < 1.29 is 0 Å². The van der Waals surface area contributed by atoms with Gasteiger partial charge in [0.15, 0.2) is 0 Å². The maximum absolute atomic E-state index is 5.33. The number of fused-ring (bicyclic) bond motifs is 4. The number of nitrogens with one attached hydrogen (secondary N) is 1. The minimum atomic E-state index is 0.117. The Kier molecular flexibility index (Phi) is 5.54. The first-order chi connectivity index (χ1) is 17.7. The van der Waals surface area contributed by atoms with Crippen LogP contribution in [0.5, 0.6) is 0 Å². The molecule has 0 bridgehead atoms. The molecular formula is C34H34N2S. The van der Waals surface area contributed by atoms with Crippen molar-refractivity contribution in [2.24, 2.45) is 4.99 Å². The second-order valence-corrected chi connectivity index (χ2v) is 12.5. The maximum Gasteiger partial charge on any atom is 0.0794 e. The molecule has 5 aromatic rings. The van der Waals surface area contributed by atoms with Gasteiger partial charge >= 0.3 is 0 Å². The molecule has 0 spiro atoms. The van der Waals surface area contributed by atoms with E-state index in [-0.39, 0.29) is 5.41 Å². The van der Waals surface area contributed by atoms with Gasteiger partial charge in [-0.05, 0) is 73.1 Å². The van der Waals surface area contributed by atoms with E-state index in [9.17, 15) is 0 Å². The lowest BCUT2D eigenvalue weighted by Gasteiger charge is -2.22. The fraction of sp³-hybridized carbons (Fsp3) is 0.265. The van der Waals surface area contributed by atoms with Crippen LogP contribution >= 0.6 is 11.3 Å². The van der Waals surface area contributed by atoms with E-state index >= 15 is 0 Å². The zero-order valence-corrected chi connectivity index (χ0v) is 23.7. The Labute approximate surface area is 223 Å². The fourth-order valence-corrected chi connectivity index (χ4v) is 7.00. The van der Waals surface area contributed by atoms with Crippen molar-refractivity contribution in [2.45, 2.75) is 60.3 Å². The second kappa shape index (κ2) is 8.56. The number of rotatable bonds is 3. The van der Waals surface area contributed by atoms with Crippen molar-refractivity contribution in [3.05, 3.63) is 105 Å². The number of hydrogen-bond donors (Lipinski definition) is 1. The summed E-state index contributed by atoms with van der Waals surface area (Å²) >= 11 is 1.89. The molecule has 1 aliphatic rings. The van der Waals surface area contributed by atoms with Gasteiger partial charge in [-0.15, -0.1) is 11.3 Å². The summed E-state index contributed by atoms with van der Waals surface area (Å²) in [5.74, 6) is 0. The number of aromatic nitrogens is 1. The fourth-order valence-electron chi connectivity index (χ4n) is 5.71. The minimum Gasteiger partial charge on any atom is -0.353 e. The van der Waals surface area contributed by atoms with Crippen LogP contribution < -0.4 is 0 Å². The highest BCUT2D eigenvalue weighted by atomic mass is 32.1. The van der Waals surface area contributed by atoms with E-state index in [1.54, 1.807) is 0 Å². The topological polar surface area (TPSA) is 28.1 Å². The molecule has 3 aromatic carbocycles. The largest absolute Gasteiger partial charge is 0.353 e. The van der Waals surface area contributed by atoms with E-state index in [4.69, 9.17) is 4.99 Å². The molecule has 0 saturated carbocycles. The molecule has 0 saturated heterocycles. The molecule has 6 rings (SSSR count). The molecule has 1 aliphatic heterocycles. The first-order valence-electron chi connectivity index (χ1n) is 13.2. The van der Waals surface area contributed by atoms with Crippen molar-refractivity contribution in [1.82, 2.24) is 4.98 Å². The van der Waals surface area contributed by atoms with Crippen LogP contribution in [0.3, 0.4) is 0 Å². The third kappa shape index (κ3) is 3.88. The molecule has 2 aromatic heterocycles. The number of aromatic amines is 1. The smallest absolute Gasteiger partial charge is 0.0794 e. The predicted molar refractivity (Wildman–Crippen MR) is 162 cm³/mol. The average molecular weight is 503 g/mol. The second-order valence-electron chi connectivity index (χ2n) is 11.4. The molecule has 0 amide bonds. The zero-order chi connectivity index (χ0) is 26.1. The highest BCUT2D eigenvalue weighted by molar-refractivity contribution is 7.26. The van der Waals surface area contributed by atoms with Crippen molar-refractivity contribution >= 4 is 49.1 Å². The van der Waals surface area contributed by atoms with Crippen molar-refractivity contribution in [3.8, 4) is 0 Å². The first-order valence-corrected chi connectivity index (χ1v) is 14.0. The van der Waals surface area contributed by atoms with Crippen LogP contribution in [-0.2, 0) is 11.8 Å². The zero-order valence-electron chi connectivity index (χ0n) is 22.8. The summed E-state index contributed by atoms with van der Waals surface area (Å²) in [6.45, 7) is 15.7.